The van der Waals surface area contributed by atoms with Crippen molar-refractivity contribution in [2.24, 2.45) is 23.7 Å². The van der Waals surface area contributed by atoms with E-state index in [9.17, 15) is 0 Å². The first kappa shape index (κ1) is 5.76. The fourth-order valence-electron chi connectivity index (χ4n) is 3.07. The fourth-order valence-corrected chi connectivity index (χ4v) is 3.07. The van der Waals surface area contributed by atoms with Crippen molar-refractivity contribution in [3.8, 4) is 0 Å². The van der Waals surface area contributed by atoms with Crippen LogP contribution in [0.4, 0.5) is 0 Å². The summed E-state index contributed by atoms with van der Waals surface area (Å²) in [4.78, 5) is 0. The van der Waals surface area contributed by atoms with E-state index in [-0.39, 0.29) is 0 Å². The number of fused-ring (bicyclic) bond motifs is 2. The third kappa shape index (κ3) is 0.653. The van der Waals surface area contributed by atoms with Gasteiger partial charge in [0, 0.05) is 0 Å². The van der Waals surface area contributed by atoms with Gasteiger partial charge >= 0.3 is 0 Å². The Balaban J connectivity index is 2.16. The highest BCUT2D eigenvalue weighted by Gasteiger charge is 2.42. The van der Waals surface area contributed by atoms with Gasteiger partial charge in [-0.3, -0.25) is 0 Å². The second kappa shape index (κ2) is 1.74. The summed E-state index contributed by atoms with van der Waals surface area (Å²) in [6.45, 7) is 4.88. The molecule has 0 nitrogen and oxygen atoms in total. The molecule has 9 heavy (non-hydrogen) atoms. The molecule has 0 saturated heterocycles. The Morgan fingerprint density at radius 2 is 1.89 bits per heavy atom. The molecule has 0 heterocycles. The van der Waals surface area contributed by atoms with Crippen molar-refractivity contribution in [2.45, 2.75) is 33.1 Å². The standard InChI is InChI=1S/C9H16/c1-6-5-8-3-4-9(6)7(8)2/h6-9H,3-5H2,1-2H3/t6?,7-,8?,9?/m1/s1. The van der Waals surface area contributed by atoms with E-state index in [4.69, 9.17) is 0 Å². The average Bonchev–Trinajstić information content (AvgIpc) is 2.25. The van der Waals surface area contributed by atoms with Gasteiger partial charge in [-0.05, 0) is 42.9 Å². The van der Waals surface area contributed by atoms with Gasteiger partial charge in [0.1, 0.15) is 0 Å². The summed E-state index contributed by atoms with van der Waals surface area (Å²) in [6, 6.07) is 0. The maximum absolute atomic E-state index is 2.45. The number of hydrogen-bond donors (Lipinski definition) is 0. The van der Waals surface area contributed by atoms with E-state index in [2.05, 4.69) is 13.8 Å². The first-order chi connectivity index (χ1) is 4.29. The lowest BCUT2D eigenvalue weighted by atomic mass is 9.90. The molecule has 0 N–H and O–H groups in total. The van der Waals surface area contributed by atoms with Gasteiger partial charge in [-0.15, -0.1) is 0 Å². The van der Waals surface area contributed by atoms with Gasteiger partial charge in [-0.2, -0.15) is 0 Å². The minimum atomic E-state index is 1.05. The zero-order valence-corrected chi connectivity index (χ0v) is 6.43. The van der Waals surface area contributed by atoms with Gasteiger partial charge in [0.05, 0.1) is 0 Å². The highest BCUT2D eigenvalue weighted by Crippen LogP contribution is 2.51. The maximum Gasteiger partial charge on any atom is -0.0360 e. The Morgan fingerprint density at radius 1 is 1.11 bits per heavy atom. The molecule has 2 aliphatic rings. The van der Waals surface area contributed by atoms with Crippen LogP contribution >= 0.6 is 0 Å². The van der Waals surface area contributed by atoms with E-state index in [0.717, 1.165) is 23.7 Å². The summed E-state index contributed by atoms with van der Waals surface area (Å²) in [5.41, 5.74) is 0. The molecule has 0 aromatic heterocycles. The summed E-state index contributed by atoms with van der Waals surface area (Å²) in [6.07, 6.45) is 4.61. The van der Waals surface area contributed by atoms with Crippen LogP contribution in [-0.4, -0.2) is 0 Å². The molecule has 2 bridgehead atoms. The average molecular weight is 124 g/mol. The molecule has 3 unspecified atom stereocenters. The van der Waals surface area contributed by atoms with E-state index in [1.165, 1.54) is 19.3 Å². The van der Waals surface area contributed by atoms with Crippen LogP contribution in [0, 0.1) is 23.7 Å². The monoisotopic (exact) mass is 124 g/mol. The van der Waals surface area contributed by atoms with Gasteiger partial charge in [-0.1, -0.05) is 13.8 Å². The van der Waals surface area contributed by atoms with Gasteiger partial charge in [0.2, 0.25) is 0 Å². The lowest BCUT2D eigenvalue weighted by molar-refractivity contribution is 0.348. The van der Waals surface area contributed by atoms with Crippen molar-refractivity contribution in [2.75, 3.05) is 0 Å². The lowest BCUT2D eigenvalue weighted by Gasteiger charge is -2.15. The van der Waals surface area contributed by atoms with Crippen LogP contribution in [0.2, 0.25) is 0 Å². The van der Waals surface area contributed by atoms with Crippen LogP contribution in [0.25, 0.3) is 0 Å². The molecule has 0 aromatic rings. The van der Waals surface area contributed by atoms with Crippen LogP contribution in [0.1, 0.15) is 33.1 Å². The summed E-state index contributed by atoms with van der Waals surface area (Å²) in [5.74, 6) is 4.35. The summed E-state index contributed by atoms with van der Waals surface area (Å²) >= 11 is 0. The van der Waals surface area contributed by atoms with Crippen molar-refractivity contribution in [3.05, 3.63) is 0 Å². The third-order valence-corrected chi connectivity index (χ3v) is 3.70. The smallest absolute Gasteiger partial charge is 0.0360 e. The molecule has 0 amide bonds. The minimum Gasteiger partial charge on any atom is -0.0622 e. The summed E-state index contributed by atoms with van der Waals surface area (Å²) in [5, 5.41) is 0. The molecular formula is C9H16. The first-order valence-electron chi connectivity index (χ1n) is 4.29. The van der Waals surface area contributed by atoms with Crippen LogP contribution in [0.3, 0.4) is 0 Å². The van der Waals surface area contributed by atoms with Crippen LogP contribution in [0.15, 0.2) is 0 Å². The normalized spacial score (nSPS) is 56.7. The Morgan fingerprint density at radius 3 is 2.11 bits per heavy atom. The zero-order valence-electron chi connectivity index (χ0n) is 6.43. The van der Waals surface area contributed by atoms with Gasteiger partial charge in [-0.25, -0.2) is 0 Å². The quantitative estimate of drug-likeness (QED) is 0.465. The predicted octanol–water partition coefficient (Wildman–Crippen LogP) is 2.69. The Bertz CT molecular complexity index is 117. The Hall–Kier alpha value is 0. The van der Waals surface area contributed by atoms with E-state index >= 15 is 0 Å². The third-order valence-electron chi connectivity index (χ3n) is 3.70. The van der Waals surface area contributed by atoms with E-state index in [0.29, 0.717) is 0 Å². The van der Waals surface area contributed by atoms with E-state index in [1.807, 2.05) is 0 Å². The van der Waals surface area contributed by atoms with Crippen molar-refractivity contribution < 1.29 is 0 Å². The molecule has 0 radical (unpaired) electrons. The molecular weight excluding hydrogens is 108 g/mol. The predicted molar refractivity (Wildman–Crippen MR) is 39.2 cm³/mol. The molecule has 0 aromatic carbocycles. The largest absolute Gasteiger partial charge is 0.0622 e. The molecule has 2 saturated carbocycles. The summed E-state index contributed by atoms with van der Waals surface area (Å²) < 4.78 is 0. The Kier molecular flexibility index (Phi) is 1.12. The highest BCUT2D eigenvalue weighted by molar-refractivity contribution is 4.92. The van der Waals surface area contributed by atoms with Crippen molar-refractivity contribution >= 4 is 0 Å². The molecule has 0 spiro atoms. The van der Waals surface area contributed by atoms with Gasteiger partial charge in [0.15, 0.2) is 0 Å². The van der Waals surface area contributed by atoms with Crippen LogP contribution < -0.4 is 0 Å². The maximum atomic E-state index is 2.45. The summed E-state index contributed by atoms with van der Waals surface area (Å²) in [7, 11) is 0. The SMILES string of the molecule is CC1CC2CCC1[C@@H]2C. The second-order valence-corrected chi connectivity index (χ2v) is 4.07. The van der Waals surface area contributed by atoms with Crippen LogP contribution in [0.5, 0.6) is 0 Å². The van der Waals surface area contributed by atoms with E-state index in [1.54, 1.807) is 0 Å². The number of hydrogen-bond acceptors (Lipinski definition) is 0. The first-order valence-corrected chi connectivity index (χ1v) is 4.29. The molecule has 4 atom stereocenters. The molecule has 2 rings (SSSR count). The second-order valence-electron chi connectivity index (χ2n) is 4.07. The highest BCUT2D eigenvalue weighted by atomic mass is 14.5. The zero-order chi connectivity index (χ0) is 6.43. The van der Waals surface area contributed by atoms with Crippen molar-refractivity contribution in [1.82, 2.24) is 0 Å². The van der Waals surface area contributed by atoms with Crippen molar-refractivity contribution in [1.29, 1.82) is 0 Å². The molecule has 0 heteroatoms. The van der Waals surface area contributed by atoms with Gasteiger partial charge < -0.3 is 0 Å². The minimum absolute atomic E-state index is 1.05. The fraction of sp³-hybridized carbons (Fsp3) is 1.00. The molecule has 2 aliphatic carbocycles. The van der Waals surface area contributed by atoms with Crippen LogP contribution in [-0.2, 0) is 0 Å². The Labute approximate surface area is 57.6 Å². The number of rotatable bonds is 0. The lowest BCUT2D eigenvalue weighted by Crippen LogP contribution is -2.06. The topological polar surface area (TPSA) is 0 Å². The molecule has 52 valence electrons. The molecule has 2 fully saturated rings. The van der Waals surface area contributed by atoms with Gasteiger partial charge in [0.25, 0.3) is 0 Å². The van der Waals surface area contributed by atoms with Crippen molar-refractivity contribution in [3.63, 3.8) is 0 Å². The van der Waals surface area contributed by atoms with E-state index < -0.39 is 0 Å². The molecule has 0 aliphatic heterocycles.